The van der Waals surface area contributed by atoms with E-state index in [2.05, 4.69) is 4.98 Å². The van der Waals surface area contributed by atoms with Crippen LogP contribution in [0.25, 0.3) is 0 Å². The largest absolute Gasteiger partial charge is 0.587 e. The first-order chi connectivity index (χ1) is 18.4. The minimum atomic E-state index is -4.71. The molecule has 0 unspecified atom stereocenters. The molecule has 206 valence electrons. The highest BCUT2D eigenvalue weighted by molar-refractivity contribution is 7.49. The van der Waals surface area contributed by atoms with Gasteiger partial charge in [0.05, 0.1) is 34.7 Å². The minimum Gasteiger partial charge on any atom is -0.395 e. The van der Waals surface area contributed by atoms with Crippen LogP contribution in [-0.4, -0.2) is 43.3 Å². The number of nitro groups is 2. The Kier molecular flexibility index (Phi) is 7.92. The smallest absolute Gasteiger partial charge is 0.395 e. The van der Waals surface area contributed by atoms with E-state index < -0.39 is 54.0 Å². The van der Waals surface area contributed by atoms with Crippen molar-refractivity contribution >= 4 is 19.2 Å². The van der Waals surface area contributed by atoms with Gasteiger partial charge in [0.15, 0.2) is 0 Å². The fourth-order valence-corrected chi connectivity index (χ4v) is 4.85. The maximum atomic E-state index is 13.6. The average molecular weight is 564 g/mol. The molecular weight excluding hydrogens is 543 g/mol. The van der Waals surface area contributed by atoms with Crippen molar-refractivity contribution in [2.75, 3.05) is 6.61 Å². The van der Waals surface area contributed by atoms with Crippen LogP contribution in [0.5, 0.6) is 11.5 Å². The number of hydrogen-bond acceptors (Lipinski definition) is 12. The van der Waals surface area contributed by atoms with Crippen LogP contribution < -0.4 is 20.3 Å². The predicted molar refractivity (Wildman–Crippen MR) is 132 cm³/mol. The molecule has 17 heteroatoms. The summed E-state index contributed by atoms with van der Waals surface area (Å²) in [6.45, 7) is 0.878. The summed E-state index contributed by atoms with van der Waals surface area (Å²) in [6, 6.07) is 9.31. The zero-order valence-electron chi connectivity index (χ0n) is 20.1. The van der Waals surface area contributed by atoms with E-state index in [0.717, 1.165) is 16.7 Å². The van der Waals surface area contributed by atoms with Crippen LogP contribution in [-0.2, 0) is 13.8 Å². The summed E-state index contributed by atoms with van der Waals surface area (Å²) in [4.78, 5) is 46.8. The number of aliphatic hydroxyl groups is 1. The van der Waals surface area contributed by atoms with Crippen LogP contribution in [0.2, 0.25) is 0 Å². The van der Waals surface area contributed by atoms with Crippen molar-refractivity contribution in [3.8, 4) is 11.5 Å². The van der Waals surface area contributed by atoms with Crippen LogP contribution in [0.4, 0.5) is 11.4 Å². The summed E-state index contributed by atoms with van der Waals surface area (Å²) >= 11 is 0. The Morgan fingerprint density at radius 3 is 2.18 bits per heavy atom. The quantitative estimate of drug-likeness (QED) is 0.206. The Balaban J connectivity index is 1.56. The highest BCUT2D eigenvalue weighted by Gasteiger charge is 2.40. The van der Waals surface area contributed by atoms with Gasteiger partial charge in [-0.2, -0.15) is 0 Å². The van der Waals surface area contributed by atoms with Crippen molar-refractivity contribution < 1.29 is 37.8 Å². The second-order valence-corrected chi connectivity index (χ2v) is 9.86. The molecule has 2 heterocycles. The molecular formula is C22H21N4O12P. The van der Waals surface area contributed by atoms with Gasteiger partial charge in [-0.15, -0.1) is 0 Å². The SMILES string of the molecule is Cc1cn([C@H]2C[C@H](O)[C@@H](COP(=O)(Oc3cccc([N+](=O)[O-])c3)Oc3cccc([N+](=O)[O-])c3)O2)c(=O)[nH]c1=O. The van der Waals surface area contributed by atoms with Gasteiger partial charge in [0, 0.05) is 30.3 Å². The van der Waals surface area contributed by atoms with E-state index in [1.165, 1.54) is 49.5 Å². The molecule has 16 nitrogen and oxygen atoms in total. The minimum absolute atomic E-state index is 0.0821. The standard InChI is InChI=1S/C22H21N4O12P/c1-13-11-24(22(29)23-21(13)28)20-10-18(27)19(36-20)12-35-39(34,37-16-6-2-4-14(8-16)25(30)31)38-17-7-3-5-15(9-17)26(32)33/h2-9,11,18-20,27H,10,12H2,1H3,(H,23,28,29)/t18-,19+,20+/m0/s1. The number of nitro benzene ring substituents is 2. The van der Waals surface area contributed by atoms with E-state index in [1.54, 1.807) is 0 Å². The third-order valence-corrected chi connectivity index (χ3v) is 6.88. The van der Waals surface area contributed by atoms with E-state index in [-0.39, 0.29) is 34.9 Å². The lowest BCUT2D eigenvalue weighted by atomic mass is 10.2. The number of rotatable bonds is 10. The van der Waals surface area contributed by atoms with E-state index >= 15 is 0 Å². The van der Waals surface area contributed by atoms with Gasteiger partial charge < -0.3 is 18.9 Å². The highest BCUT2D eigenvalue weighted by atomic mass is 31.2. The van der Waals surface area contributed by atoms with Gasteiger partial charge in [-0.3, -0.25) is 39.1 Å². The third kappa shape index (κ3) is 6.56. The lowest BCUT2D eigenvalue weighted by Crippen LogP contribution is -2.33. The molecule has 3 aromatic rings. The van der Waals surface area contributed by atoms with Crippen LogP contribution in [0, 0.1) is 27.2 Å². The maximum absolute atomic E-state index is 13.6. The van der Waals surface area contributed by atoms with Crippen molar-refractivity contribution in [3.05, 3.63) is 101 Å². The molecule has 3 atom stereocenters. The second-order valence-electron chi connectivity index (χ2n) is 8.35. The van der Waals surface area contributed by atoms with Crippen LogP contribution >= 0.6 is 7.82 Å². The Bertz CT molecular complexity index is 1510. The lowest BCUT2D eigenvalue weighted by Gasteiger charge is -2.21. The normalized spacial score (nSPS) is 19.0. The molecule has 1 aliphatic heterocycles. The van der Waals surface area contributed by atoms with Gasteiger partial charge in [0.2, 0.25) is 0 Å². The molecule has 0 aliphatic carbocycles. The molecule has 1 aromatic heterocycles. The second kappa shape index (κ2) is 11.2. The molecule has 2 aromatic carbocycles. The summed E-state index contributed by atoms with van der Waals surface area (Å²) in [5.41, 5.74) is -1.88. The Hall–Kier alpha value is -4.37. The summed E-state index contributed by atoms with van der Waals surface area (Å²) in [5, 5.41) is 32.7. The number of hydrogen-bond donors (Lipinski definition) is 2. The highest BCUT2D eigenvalue weighted by Crippen LogP contribution is 2.51. The van der Waals surface area contributed by atoms with Gasteiger partial charge in [0.1, 0.15) is 23.8 Å². The Labute approximate surface area is 218 Å². The number of aromatic nitrogens is 2. The number of H-pyrrole nitrogens is 1. The topological polar surface area (TPSA) is 215 Å². The van der Waals surface area contributed by atoms with E-state index in [0.29, 0.717) is 0 Å². The zero-order valence-corrected chi connectivity index (χ0v) is 21.0. The van der Waals surface area contributed by atoms with Gasteiger partial charge in [0.25, 0.3) is 16.9 Å². The van der Waals surface area contributed by atoms with Crippen LogP contribution in [0.3, 0.4) is 0 Å². The Morgan fingerprint density at radius 2 is 1.64 bits per heavy atom. The molecule has 1 aliphatic rings. The fraction of sp³-hybridized carbons (Fsp3) is 0.273. The number of aliphatic hydroxyl groups excluding tert-OH is 1. The number of benzene rings is 2. The van der Waals surface area contributed by atoms with Crippen molar-refractivity contribution in [1.82, 2.24) is 9.55 Å². The number of aromatic amines is 1. The maximum Gasteiger partial charge on any atom is 0.587 e. The predicted octanol–water partition coefficient (Wildman–Crippen LogP) is 2.59. The van der Waals surface area contributed by atoms with Gasteiger partial charge in [-0.1, -0.05) is 12.1 Å². The first-order valence-electron chi connectivity index (χ1n) is 11.2. The summed E-state index contributed by atoms with van der Waals surface area (Å²) in [5.74, 6) is -0.530. The molecule has 2 N–H and O–H groups in total. The molecule has 0 bridgehead atoms. The molecule has 1 saturated heterocycles. The summed E-state index contributed by atoms with van der Waals surface area (Å²) in [6.07, 6.45) is -2.17. The number of aryl methyl sites for hydroxylation is 1. The number of nitrogens with zero attached hydrogens (tertiary/aromatic N) is 3. The zero-order chi connectivity index (χ0) is 28.3. The number of phosphoric acid groups is 1. The third-order valence-electron chi connectivity index (χ3n) is 5.55. The molecule has 1 fully saturated rings. The van der Waals surface area contributed by atoms with Gasteiger partial charge in [-0.25, -0.2) is 9.36 Å². The fourth-order valence-electron chi connectivity index (χ4n) is 3.64. The molecule has 0 amide bonds. The van der Waals surface area contributed by atoms with Crippen molar-refractivity contribution in [2.24, 2.45) is 0 Å². The monoisotopic (exact) mass is 564 g/mol. The number of nitrogens with one attached hydrogen (secondary N) is 1. The van der Waals surface area contributed by atoms with Gasteiger partial charge >= 0.3 is 13.5 Å². The number of phosphoric ester groups is 1. The van der Waals surface area contributed by atoms with E-state index in [4.69, 9.17) is 18.3 Å². The molecule has 0 spiro atoms. The molecule has 0 saturated carbocycles. The average Bonchev–Trinajstić information content (AvgIpc) is 3.25. The van der Waals surface area contributed by atoms with Crippen molar-refractivity contribution in [2.45, 2.75) is 31.8 Å². The lowest BCUT2D eigenvalue weighted by molar-refractivity contribution is -0.385. The Morgan fingerprint density at radius 1 is 1.08 bits per heavy atom. The first-order valence-corrected chi connectivity index (χ1v) is 12.7. The summed E-state index contributed by atoms with van der Waals surface area (Å²) < 4.78 is 36.5. The van der Waals surface area contributed by atoms with Crippen LogP contribution in [0.1, 0.15) is 18.2 Å². The molecule has 4 rings (SSSR count). The first kappa shape index (κ1) is 27.7. The van der Waals surface area contributed by atoms with E-state index in [1.807, 2.05) is 0 Å². The number of ether oxygens (including phenoxy) is 1. The summed E-state index contributed by atoms with van der Waals surface area (Å²) in [7, 11) is -4.71. The number of non-ortho nitro benzene ring substituents is 2. The molecule has 39 heavy (non-hydrogen) atoms. The van der Waals surface area contributed by atoms with Gasteiger partial charge in [-0.05, 0) is 19.1 Å². The van der Waals surface area contributed by atoms with Crippen molar-refractivity contribution in [1.29, 1.82) is 0 Å². The van der Waals surface area contributed by atoms with Crippen molar-refractivity contribution in [3.63, 3.8) is 0 Å². The van der Waals surface area contributed by atoms with Crippen LogP contribution in [0.15, 0.2) is 64.3 Å². The van der Waals surface area contributed by atoms with E-state index in [9.17, 15) is 39.5 Å². The molecule has 0 radical (unpaired) electrons.